The number of amides is 5. The zero-order chi connectivity index (χ0) is 25.3. The molecule has 0 bridgehead atoms. The number of carboxylic acids is 1. The molecule has 4 atom stereocenters. The van der Waals surface area contributed by atoms with Gasteiger partial charge < -0.3 is 37.8 Å². The van der Waals surface area contributed by atoms with Crippen molar-refractivity contribution in [3.63, 3.8) is 0 Å². The van der Waals surface area contributed by atoms with E-state index in [0.717, 1.165) is 0 Å². The molecule has 0 aromatic carbocycles. The summed E-state index contributed by atoms with van der Waals surface area (Å²) in [6.07, 6.45) is 0.484. The summed E-state index contributed by atoms with van der Waals surface area (Å²) in [5.74, 6) is -4.82. The van der Waals surface area contributed by atoms with Gasteiger partial charge in [-0.3, -0.25) is 24.0 Å². The first-order valence-corrected chi connectivity index (χ1v) is 10.8. The first kappa shape index (κ1) is 27.8. The zero-order valence-corrected chi connectivity index (χ0v) is 18.9. The van der Waals surface area contributed by atoms with Gasteiger partial charge in [0.1, 0.15) is 18.1 Å². The maximum atomic E-state index is 13.0. The van der Waals surface area contributed by atoms with Crippen LogP contribution in [0.1, 0.15) is 52.4 Å². The number of likely N-dealkylation sites (tertiary alicyclic amines) is 1. The first-order chi connectivity index (χ1) is 15.3. The van der Waals surface area contributed by atoms with Crippen LogP contribution in [-0.2, 0) is 28.8 Å². The van der Waals surface area contributed by atoms with Crippen molar-refractivity contribution >= 4 is 35.5 Å². The lowest BCUT2D eigenvalue weighted by Crippen LogP contribution is -2.57. The molecule has 1 fully saturated rings. The zero-order valence-electron chi connectivity index (χ0n) is 18.9. The fraction of sp³-hybridized carbons (Fsp3) is 0.700. The van der Waals surface area contributed by atoms with Crippen molar-refractivity contribution in [2.24, 2.45) is 23.1 Å². The Kier molecular flexibility index (Phi) is 10.7. The number of carbonyl (C=O) groups is 6. The maximum Gasteiger partial charge on any atom is 0.326 e. The van der Waals surface area contributed by atoms with Crippen molar-refractivity contribution < 1.29 is 33.9 Å². The molecule has 0 aromatic heterocycles. The molecule has 9 N–H and O–H groups in total. The van der Waals surface area contributed by atoms with Gasteiger partial charge in [-0.1, -0.05) is 13.8 Å². The summed E-state index contributed by atoms with van der Waals surface area (Å²) < 4.78 is 0. The second-order valence-corrected chi connectivity index (χ2v) is 8.56. The smallest absolute Gasteiger partial charge is 0.326 e. The molecule has 1 aliphatic rings. The predicted molar refractivity (Wildman–Crippen MR) is 116 cm³/mol. The number of hydrogen-bond donors (Lipinski definition) is 6. The summed E-state index contributed by atoms with van der Waals surface area (Å²) in [5, 5.41) is 14.0. The number of rotatable bonds is 13. The normalized spacial score (nSPS) is 18.3. The van der Waals surface area contributed by atoms with Crippen LogP contribution < -0.4 is 27.8 Å². The second-order valence-electron chi connectivity index (χ2n) is 8.56. The van der Waals surface area contributed by atoms with Crippen molar-refractivity contribution in [2.75, 3.05) is 6.54 Å². The number of nitrogens with one attached hydrogen (secondary N) is 2. The van der Waals surface area contributed by atoms with Crippen LogP contribution in [0.4, 0.5) is 0 Å². The molecule has 1 rings (SSSR count). The van der Waals surface area contributed by atoms with E-state index < -0.39 is 66.1 Å². The SMILES string of the molecule is CC(C)CC(NC(=O)C1CCCN1C(=O)C(N)CCC(N)=O)C(=O)NC(CC(N)=O)C(=O)O. The number of carboxylic acid groups (broad SMARTS) is 1. The molecule has 1 saturated heterocycles. The largest absolute Gasteiger partial charge is 0.480 e. The third-order valence-corrected chi connectivity index (χ3v) is 5.22. The summed E-state index contributed by atoms with van der Waals surface area (Å²) in [6.45, 7) is 3.92. The highest BCUT2D eigenvalue weighted by Crippen LogP contribution is 2.20. The van der Waals surface area contributed by atoms with E-state index in [1.54, 1.807) is 0 Å². The molecule has 186 valence electrons. The van der Waals surface area contributed by atoms with Gasteiger partial charge in [0.15, 0.2) is 0 Å². The number of nitrogens with zero attached hydrogens (tertiary/aromatic N) is 1. The standard InChI is InChI=1S/C20H34N6O7/c1-10(2)8-12(17(29)25-13(20(32)33)9-16(23)28)24-18(30)14-4-3-7-26(14)19(31)11(21)5-6-15(22)27/h10-14H,3-9,21H2,1-2H3,(H2,22,27)(H2,23,28)(H,24,30)(H,25,29)(H,32,33). The topological polar surface area (TPSA) is 228 Å². The Morgan fingerprint density at radius 3 is 2.18 bits per heavy atom. The highest BCUT2D eigenvalue weighted by atomic mass is 16.4. The van der Waals surface area contributed by atoms with Crippen molar-refractivity contribution in [3.8, 4) is 0 Å². The van der Waals surface area contributed by atoms with Crippen LogP contribution in [0.5, 0.6) is 0 Å². The quantitative estimate of drug-likeness (QED) is 0.169. The molecule has 13 nitrogen and oxygen atoms in total. The van der Waals surface area contributed by atoms with Crippen LogP contribution in [0.3, 0.4) is 0 Å². The summed E-state index contributed by atoms with van der Waals surface area (Å²) in [6, 6.07) is -4.48. The Balaban J connectivity index is 2.90. The summed E-state index contributed by atoms with van der Waals surface area (Å²) >= 11 is 0. The van der Waals surface area contributed by atoms with Gasteiger partial charge in [-0.05, 0) is 31.6 Å². The first-order valence-electron chi connectivity index (χ1n) is 10.8. The van der Waals surface area contributed by atoms with E-state index in [9.17, 15) is 33.9 Å². The van der Waals surface area contributed by atoms with Gasteiger partial charge in [0.2, 0.25) is 29.5 Å². The molecule has 0 spiro atoms. The minimum atomic E-state index is -1.53. The average Bonchev–Trinajstić information content (AvgIpc) is 3.19. The molecular weight excluding hydrogens is 436 g/mol. The number of primary amides is 2. The molecule has 1 aliphatic heterocycles. The maximum absolute atomic E-state index is 13.0. The van der Waals surface area contributed by atoms with E-state index in [0.29, 0.717) is 19.4 Å². The van der Waals surface area contributed by atoms with Crippen LogP contribution in [-0.4, -0.2) is 76.2 Å². The van der Waals surface area contributed by atoms with E-state index >= 15 is 0 Å². The van der Waals surface area contributed by atoms with Gasteiger partial charge in [0.25, 0.3) is 0 Å². The van der Waals surface area contributed by atoms with E-state index in [1.807, 2.05) is 13.8 Å². The van der Waals surface area contributed by atoms with Crippen molar-refractivity contribution in [2.45, 2.75) is 76.5 Å². The lowest BCUT2D eigenvalue weighted by molar-refractivity contribution is -0.144. The molecule has 0 saturated carbocycles. The monoisotopic (exact) mass is 470 g/mol. The summed E-state index contributed by atoms with van der Waals surface area (Å²) in [7, 11) is 0. The fourth-order valence-corrected chi connectivity index (χ4v) is 3.58. The number of aliphatic carboxylic acids is 1. The third-order valence-electron chi connectivity index (χ3n) is 5.22. The highest BCUT2D eigenvalue weighted by molar-refractivity contribution is 5.95. The van der Waals surface area contributed by atoms with Gasteiger partial charge >= 0.3 is 5.97 Å². The Bertz CT molecular complexity index is 772. The second kappa shape index (κ2) is 12.7. The molecule has 0 aromatic rings. The van der Waals surface area contributed by atoms with Gasteiger partial charge in [-0.25, -0.2) is 4.79 Å². The Morgan fingerprint density at radius 2 is 1.67 bits per heavy atom. The van der Waals surface area contributed by atoms with Gasteiger partial charge in [0.05, 0.1) is 12.5 Å². The van der Waals surface area contributed by atoms with Crippen molar-refractivity contribution in [1.29, 1.82) is 0 Å². The van der Waals surface area contributed by atoms with E-state index in [4.69, 9.17) is 17.2 Å². The van der Waals surface area contributed by atoms with Crippen molar-refractivity contribution in [3.05, 3.63) is 0 Å². The van der Waals surface area contributed by atoms with Crippen LogP contribution in [0.15, 0.2) is 0 Å². The van der Waals surface area contributed by atoms with Crippen LogP contribution in [0, 0.1) is 5.92 Å². The van der Waals surface area contributed by atoms with E-state index in [-0.39, 0.29) is 25.2 Å². The van der Waals surface area contributed by atoms with Gasteiger partial charge in [-0.2, -0.15) is 0 Å². The molecule has 0 radical (unpaired) electrons. The summed E-state index contributed by atoms with van der Waals surface area (Å²) in [5.41, 5.74) is 16.0. The average molecular weight is 471 g/mol. The molecule has 4 unspecified atom stereocenters. The van der Waals surface area contributed by atoms with Crippen LogP contribution in [0.25, 0.3) is 0 Å². The minimum absolute atomic E-state index is 0.0380. The number of hydrogen-bond acceptors (Lipinski definition) is 7. The lowest BCUT2D eigenvalue weighted by atomic mass is 10.0. The van der Waals surface area contributed by atoms with E-state index in [1.165, 1.54) is 4.90 Å². The third kappa shape index (κ3) is 9.04. The Morgan fingerprint density at radius 1 is 1.03 bits per heavy atom. The Labute approximate surface area is 191 Å². The number of nitrogens with two attached hydrogens (primary N) is 3. The molecule has 1 heterocycles. The predicted octanol–water partition coefficient (Wildman–Crippen LogP) is -2.45. The number of carbonyl (C=O) groups excluding carboxylic acids is 5. The summed E-state index contributed by atoms with van der Waals surface area (Å²) in [4.78, 5) is 73.0. The van der Waals surface area contributed by atoms with Gasteiger partial charge in [-0.15, -0.1) is 0 Å². The lowest BCUT2D eigenvalue weighted by Gasteiger charge is -2.29. The molecule has 0 aliphatic carbocycles. The van der Waals surface area contributed by atoms with Gasteiger partial charge in [0, 0.05) is 13.0 Å². The van der Waals surface area contributed by atoms with E-state index in [2.05, 4.69) is 10.6 Å². The molecule has 33 heavy (non-hydrogen) atoms. The van der Waals surface area contributed by atoms with Crippen LogP contribution >= 0.6 is 0 Å². The van der Waals surface area contributed by atoms with Crippen LogP contribution in [0.2, 0.25) is 0 Å². The highest BCUT2D eigenvalue weighted by Gasteiger charge is 2.38. The molecule has 13 heteroatoms. The molecule has 5 amide bonds. The minimum Gasteiger partial charge on any atom is -0.480 e. The molecular formula is C20H34N6O7. The Hall–Kier alpha value is -3.22. The van der Waals surface area contributed by atoms with Crippen molar-refractivity contribution in [1.82, 2.24) is 15.5 Å². The fourth-order valence-electron chi connectivity index (χ4n) is 3.58.